The van der Waals surface area contributed by atoms with Gasteiger partial charge in [-0.1, -0.05) is 76.3 Å². The van der Waals surface area contributed by atoms with E-state index in [1.165, 1.54) is 44.6 Å². The molecule has 20 heavy (non-hydrogen) atoms. The maximum absolute atomic E-state index is 2.57. The van der Waals surface area contributed by atoms with Gasteiger partial charge in [-0.15, -0.1) is 0 Å². The normalized spacial score (nSPS) is 11.9. The summed E-state index contributed by atoms with van der Waals surface area (Å²) in [5, 5.41) is 4.49. The van der Waals surface area contributed by atoms with Crippen LogP contribution in [0.4, 0.5) is 0 Å². The first-order valence-corrected chi connectivity index (χ1v) is 12.3. The minimum absolute atomic E-state index is 1.34. The van der Waals surface area contributed by atoms with Gasteiger partial charge in [-0.2, -0.15) is 22.7 Å². The monoisotopic (exact) mass is 322 g/mol. The average molecular weight is 323 g/mol. The highest BCUT2D eigenvalue weighted by Gasteiger charge is 2.33. The van der Waals surface area contributed by atoms with Crippen LogP contribution in [-0.2, 0) is 0 Å². The minimum Gasteiger partial charge on any atom is -0.153 e. The second-order valence-electron chi connectivity index (χ2n) is 5.80. The lowest BCUT2D eigenvalue weighted by Crippen LogP contribution is -2.52. The van der Waals surface area contributed by atoms with Crippen molar-refractivity contribution in [2.75, 3.05) is 0 Å². The summed E-state index contributed by atoms with van der Waals surface area (Å²) in [5.41, 5.74) is 0. The van der Waals surface area contributed by atoms with Crippen LogP contribution in [0.2, 0.25) is 12.6 Å². The van der Waals surface area contributed by atoms with E-state index in [2.05, 4.69) is 48.5 Å². The van der Waals surface area contributed by atoms with Gasteiger partial charge in [-0.05, 0) is 25.8 Å². The molecule has 0 aliphatic carbocycles. The molecule has 0 bridgehead atoms. The van der Waals surface area contributed by atoms with E-state index >= 15 is 0 Å². The Balaban J connectivity index is 1.95. The zero-order chi connectivity index (χ0) is 14.3. The lowest BCUT2D eigenvalue weighted by Gasteiger charge is -2.25. The van der Waals surface area contributed by atoms with Gasteiger partial charge in [0.25, 0.3) is 0 Å². The predicted molar refractivity (Wildman–Crippen MR) is 97.7 cm³/mol. The molecule has 110 valence electrons. The van der Waals surface area contributed by atoms with E-state index in [0.29, 0.717) is 0 Å². The minimum atomic E-state index is -1.43. The van der Waals surface area contributed by atoms with Crippen molar-refractivity contribution < 1.29 is 0 Å². The van der Waals surface area contributed by atoms with Crippen LogP contribution in [0.25, 0.3) is 0 Å². The van der Waals surface area contributed by atoms with Crippen LogP contribution in [-0.4, -0.2) is 8.07 Å². The summed E-state index contributed by atoms with van der Waals surface area (Å²) >= 11 is 3.94. The smallest absolute Gasteiger partial charge is 0.140 e. The van der Waals surface area contributed by atoms with Gasteiger partial charge in [0.05, 0.1) is 0 Å². The third-order valence-electron chi connectivity index (χ3n) is 4.16. The van der Waals surface area contributed by atoms with E-state index in [0.717, 1.165) is 0 Å². The molecule has 0 amide bonds. The molecule has 0 atom stereocenters. The lowest BCUT2D eigenvalue weighted by molar-refractivity contribution is 0.623. The first-order valence-electron chi connectivity index (χ1n) is 7.85. The summed E-state index contributed by atoms with van der Waals surface area (Å²) in [7, 11) is -1.43. The summed E-state index contributed by atoms with van der Waals surface area (Å²) in [6.45, 7) is 4.86. The quantitative estimate of drug-likeness (QED) is 0.430. The third-order valence-corrected chi connectivity index (χ3v) is 12.8. The van der Waals surface area contributed by atoms with E-state index in [9.17, 15) is 0 Å². The van der Waals surface area contributed by atoms with Crippen molar-refractivity contribution in [1.82, 2.24) is 0 Å². The molecule has 0 aliphatic rings. The third kappa shape index (κ3) is 4.06. The molecule has 0 N–H and O–H groups in total. The van der Waals surface area contributed by atoms with Crippen molar-refractivity contribution in [2.45, 2.75) is 58.0 Å². The van der Waals surface area contributed by atoms with Crippen molar-refractivity contribution in [3.05, 3.63) is 35.0 Å². The van der Waals surface area contributed by atoms with E-state index in [-0.39, 0.29) is 0 Å². The van der Waals surface area contributed by atoms with Gasteiger partial charge in [0.1, 0.15) is 8.07 Å². The van der Waals surface area contributed by atoms with Gasteiger partial charge in [-0.3, -0.25) is 0 Å². The first-order chi connectivity index (χ1) is 9.77. The molecular formula is C17H26S2Si. The van der Waals surface area contributed by atoms with Crippen LogP contribution in [0.15, 0.2) is 35.0 Å². The molecule has 0 radical (unpaired) electrons. The van der Waals surface area contributed by atoms with Crippen LogP contribution in [0.3, 0.4) is 0 Å². The predicted octanol–water partition coefficient (Wildman–Crippen LogP) is 5.36. The van der Waals surface area contributed by atoms with Gasteiger partial charge in [0, 0.05) is 0 Å². The molecule has 3 heteroatoms. The zero-order valence-electron chi connectivity index (χ0n) is 12.7. The highest BCUT2D eigenvalue weighted by molar-refractivity contribution is 7.35. The Bertz CT molecular complexity index is 425. The van der Waals surface area contributed by atoms with Crippen LogP contribution < -0.4 is 9.00 Å². The summed E-state index contributed by atoms with van der Waals surface area (Å²) in [4.78, 5) is 0. The molecule has 0 unspecified atom stereocenters. The molecule has 2 aromatic heterocycles. The number of thiophene rings is 2. The van der Waals surface area contributed by atoms with Gasteiger partial charge in [-0.25, -0.2) is 0 Å². The summed E-state index contributed by atoms with van der Waals surface area (Å²) in [6, 6.07) is 10.6. The molecule has 0 saturated carbocycles. The van der Waals surface area contributed by atoms with Crippen molar-refractivity contribution in [3.63, 3.8) is 0 Å². The van der Waals surface area contributed by atoms with Gasteiger partial charge in [0.15, 0.2) is 0 Å². The Morgan fingerprint density at radius 1 is 0.850 bits per heavy atom. The van der Waals surface area contributed by atoms with Crippen LogP contribution >= 0.6 is 22.7 Å². The Hall–Kier alpha value is -0.383. The molecule has 2 heterocycles. The van der Waals surface area contributed by atoms with E-state index < -0.39 is 8.07 Å². The van der Waals surface area contributed by atoms with Crippen LogP contribution in [0.5, 0.6) is 0 Å². The van der Waals surface area contributed by atoms with E-state index in [1.54, 1.807) is 9.00 Å². The molecule has 0 nitrogen and oxygen atoms in total. The molecular weight excluding hydrogens is 296 g/mol. The van der Waals surface area contributed by atoms with Crippen molar-refractivity contribution in [3.8, 4) is 0 Å². The van der Waals surface area contributed by atoms with Crippen LogP contribution in [0.1, 0.15) is 45.4 Å². The number of rotatable bonds is 9. The zero-order valence-corrected chi connectivity index (χ0v) is 15.4. The highest BCUT2D eigenvalue weighted by atomic mass is 32.1. The molecule has 0 saturated heterocycles. The molecule has 2 aromatic rings. The summed E-state index contributed by atoms with van der Waals surface area (Å²) in [6.07, 6.45) is 8.42. The SMILES string of the molecule is CCCCCCCC[Si](C)(c1cccs1)c1cccs1. The standard InChI is InChI=1S/C17H26S2Si/c1-3-4-5-6-7-8-15-20(2,16-11-9-13-18-16)17-12-10-14-19-17/h9-14H,3-8,15H2,1-2H3. The summed E-state index contributed by atoms with van der Waals surface area (Å²) in [5.74, 6) is 0. The van der Waals surface area contributed by atoms with Crippen LogP contribution in [0, 0.1) is 0 Å². The fourth-order valence-corrected chi connectivity index (χ4v) is 10.3. The van der Waals surface area contributed by atoms with Crippen molar-refractivity contribution in [2.24, 2.45) is 0 Å². The maximum atomic E-state index is 2.57. The second-order valence-corrected chi connectivity index (χ2v) is 12.7. The molecule has 0 aliphatic heterocycles. The fourth-order valence-electron chi connectivity index (χ4n) is 2.81. The van der Waals surface area contributed by atoms with Gasteiger partial charge < -0.3 is 0 Å². The van der Waals surface area contributed by atoms with Crippen molar-refractivity contribution >= 4 is 39.7 Å². The fraction of sp³-hybridized carbons (Fsp3) is 0.529. The summed E-state index contributed by atoms with van der Waals surface area (Å²) < 4.78 is 3.32. The molecule has 0 fully saturated rings. The molecule has 2 rings (SSSR count). The van der Waals surface area contributed by atoms with E-state index in [1.807, 2.05) is 22.7 Å². The van der Waals surface area contributed by atoms with Gasteiger partial charge in [0.2, 0.25) is 0 Å². The number of unbranched alkanes of at least 4 members (excludes halogenated alkanes) is 5. The van der Waals surface area contributed by atoms with Gasteiger partial charge >= 0.3 is 0 Å². The highest BCUT2D eigenvalue weighted by Crippen LogP contribution is 2.20. The van der Waals surface area contributed by atoms with E-state index in [4.69, 9.17) is 0 Å². The Labute approximate surface area is 132 Å². The largest absolute Gasteiger partial charge is 0.153 e. The molecule has 0 spiro atoms. The Morgan fingerprint density at radius 3 is 1.90 bits per heavy atom. The van der Waals surface area contributed by atoms with Crippen molar-refractivity contribution in [1.29, 1.82) is 0 Å². The average Bonchev–Trinajstić information content (AvgIpc) is 3.15. The number of hydrogen-bond acceptors (Lipinski definition) is 2. The second kappa shape index (κ2) is 8.16. The topological polar surface area (TPSA) is 0 Å². The maximum Gasteiger partial charge on any atom is 0.140 e. The Kier molecular flexibility index (Phi) is 6.52. The molecule has 0 aromatic carbocycles. The first kappa shape index (κ1) is 16.0. The Morgan fingerprint density at radius 2 is 1.40 bits per heavy atom. The number of hydrogen-bond donors (Lipinski definition) is 0. The lowest BCUT2D eigenvalue weighted by atomic mass is 10.1.